The average molecular weight is 240 g/mol. The molecule has 1 rings (SSSR count). The van der Waals surface area contributed by atoms with E-state index in [2.05, 4.69) is 10.6 Å². The van der Waals surface area contributed by atoms with Gasteiger partial charge in [-0.05, 0) is 19.8 Å². The highest BCUT2D eigenvalue weighted by atomic mass is 19.4. The maximum Gasteiger partial charge on any atom is 0.401 e. The molecular formula is C10H19F3N2O. The summed E-state index contributed by atoms with van der Waals surface area (Å²) in [6.45, 7) is 3.41. The van der Waals surface area contributed by atoms with E-state index in [0.717, 1.165) is 19.4 Å². The normalized spacial score (nSPS) is 26.2. The number of alkyl halides is 3. The lowest BCUT2D eigenvalue weighted by atomic mass is 10.0. The van der Waals surface area contributed by atoms with Gasteiger partial charge in [-0.15, -0.1) is 0 Å². The van der Waals surface area contributed by atoms with Gasteiger partial charge in [0.25, 0.3) is 0 Å². The molecule has 0 bridgehead atoms. The summed E-state index contributed by atoms with van der Waals surface area (Å²) in [6.07, 6.45) is -2.05. The molecule has 1 unspecified atom stereocenters. The highest BCUT2D eigenvalue weighted by molar-refractivity contribution is 4.82. The first-order chi connectivity index (χ1) is 7.41. The van der Waals surface area contributed by atoms with Crippen LogP contribution in [0.25, 0.3) is 0 Å². The van der Waals surface area contributed by atoms with Gasteiger partial charge >= 0.3 is 6.18 Å². The van der Waals surface area contributed by atoms with Crippen LogP contribution >= 0.6 is 0 Å². The lowest BCUT2D eigenvalue weighted by molar-refractivity contribution is -0.124. The molecule has 2 N–H and O–H groups in total. The van der Waals surface area contributed by atoms with E-state index in [-0.39, 0.29) is 5.60 Å². The molecule has 0 saturated carbocycles. The zero-order valence-electron chi connectivity index (χ0n) is 9.49. The molecule has 1 heterocycles. The van der Waals surface area contributed by atoms with Crippen LogP contribution in [-0.2, 0) is 4.74 Å². The summed E-state index contributed by atoms with van der Waals surface area (Å²) >= 11 is 0. The lowest BCUT2D eigenvalue weighted by Gasteiger charge is -2.23. The Hall–Kier alpha value is -0.330. The van der Waals surface area contributed by atoms with Gasteiger partial charge in [0, 0.05) is 26.2 Å². The molecule has 0 amide bonds. The van der Waals surface area contributed by atoms with Gasteiger partial charge in [0.15, 0.2) is 0 Å². The first-order valence-corrected chi connectivity index (χ1v) is 5.53. The van der Waals surface area contributed by atoms with Gasteiger partial charge in [-0.3, -0.25) is 0 Å². The Morgan fingerprint density at radius 2 is 1.94 bits per heavy atom. The van der Waals surface area contributed by atoms with Crippen LogP contribution in [0.3, 0.4) is 0 Å². The van der Waals surface area contributed by atoms with Crippen LogP contribution in [0.4, 0.5) is 13.2 Å². The summed E-state index contributed by atoms with van der Waals surface area (Å²) in [5.74, 6) is 0. The fourth-order valence-corrected chi connectivity index (χ4v) is 1.74. The second-order valence-electron chi connectivity index (χ2n) is 4.37. The second-order valence-corrected chi connectivity index (χ2v) is 4.37. The predicted octanol–water partition coefficient (Wildman–Crippen LogP) is 1.30. The van der Waals surface area contributed by atoms with Crippen molar-refractivity contribution in [3.63, 3.8) is 0 Å². The third-order valence-corrected chi connectivity index (χ3v) is 2.60. The maximum atomic E-state index is 11.8. The molecule has 0 spiro atoms. The molecule has 1 aliphatic rings. The van der Waals surface area contributed by atoms with E-state index in [1.807, 2.05) is 6.92 Å². The molecule has 1 atom stereocenters. The zero-order chi connectivity index (χ0) is 12.1. The van der Waals surface area contributed by atoms with Crippen LogP contribution in [0.15, 0.2) is 0 Å². The molecule has 3 nitrogen and oxygen atoms in total. The number of ether oxygens (including phenoxy) is 1. The van der Waals surface area contributed by atoms with Crippen LogP contribution in [-0.4, -0.2) is 44.6 Å². The largest absolute Gasteiger partial charge is 0.401 e. The SMILES string of the molecule is CC1(CNCCNCC(F)(F)F)CCCO1. The average Bonchev–Trinajstić information content (AvgIpc) is 2.57. The summed E-state index contributed by atoms with van der Waals surface area (Å²) in [5, 5.41) is 5.43. The molecule has 0 aromatic heterocycles. The van der Waals surface area contributed by atoms with Gasteiger partial charge < -0.3 is 15.4 Å². The van der Waals surface area contributed by atoms with Crippen LogP contribution in [0.5, 0.6) is 0 Å². The summed E-state index contributed by atoms with van der Waals surface area (Å²) < 4.78 is 40.8. The van der Waals surface area contributed by atoms with Crippen molar-refractivity contribution in [3.05, 3.63) is 0 Å². The van der Waals surface area contributed by atoms with Gasteiger partial charge in [-0.25, -0.2) is 0 Å². The van der Waals surface area contributed by atoms with Crippen molar-refractivity contribution in [1.29, 1.82) is 0 Å². The van der Waals surface area contributed by atoms with Gasteiger partial charge in [-0.2, -0.15) is 13.2 Å². The minimum Gasteiger partial charge on any atom is -0.374 e. The van der Waals surface area contributed by atoms with Crippen molar-refractivity contribution < 1.29 is 17.9 Å². The predicted molar refractivity (Wildman–Crippen MR) is 55.4 cm³/mol. The number of halogens is 3. The Morgan fingerprint density at radius 1 is 1.25 bits per heavy atom. The number of hydrogen-bond acceptors (Lipinski definition) is 3. The second kappa shape index (κ2) is 5.84. The Kier molecular flexibility index (Phi) is 5.01. The van der Waals surface area contributed by atoms with E-state index in [1.165, 1.54) is 0 Å². The highest BCUT2D eigenvalue weighted by Gasteiger charge is 2.29. The van der Waals surface area contributed by atoms with Crippen molar-refractivity contribution >= 4 is 0 Å². The monoisotopic (exact) mass is 240 g/mol. The fraction of sp³-hybridized carbons (Fsp3) is 1.00. The van der Waals surface area contributed by atoms with Crippen LogP contribution < -0.4 is 10.6 Å². The van der Waals surface area contributed by atoms with Crippen molar-refractivity contribution in [3.8, 4) is 0 Å². The summed E-state index contributed by atoms with van der Waals surface area (Å²) in [5.41, 5.74) is -0.135. The van der Waals surface area contributed by atoms with E-state index in [0.29, 0.717) is 19.6 Å². The summed E-state index contributed by atoms with van der Waals surface area (Å²) in [4.78, 5) is 0. The highest BCUT2D eigenvalue weighted by Crippen LogP contribution is 2.23. The molecule has 6 heteroatoms. The minimum atomic E-state index is -4.12. The summed E-state index contributed by atoms with van der Waals surface area (Å²) in [7, 11) is 0. The molecule has 0 radical (unpaired) electrons. The quantitative estimate of drug-likeness (QED) is 0.686. The van der Waals surface area contributed by atoms with Crippen LogP contribution in [0.1, 0.15) is 19.8 Å². The number of rotatable bonds is 6. The summed E-state index contributed by atoms with van der Waals surface area (Å²) in [6, 6.07) is 0. The molecule has 96 valence electrons. The Morgan fingerprint density at radius 3 is 2.50 bits per heavy atom. The minimum absolute atomic E-state index is 0.135. The van der Waals surface area contributed by atoms with Crippen molar-refractivity contribution in [2.24, 2.45) is 0 Å². The molecule has 1 saturated heterocycles. The van der Waals surface area contributed by atoms with Crippen molar-refractivity contribution in [1.82, 2.24) is 10.6 Å². The lowest BCUT2D eigenvalue weighted by Crippen LogP contribution is -2.41. The van der Waals surface area contributed by atoms with Crippen LogP contribution in [0.2, 0.25) is 0 Å². The van der Waals surface area contributed by atoms with Gasteiger partial charge in [-0.1, -0.05) is 0 Å². The number of nitrogens with one attached hydrogen (secondary N) is 2. The molecule has 0 aromatic carbocycles. The smallest absolute Gasteiger partial charge is 0.374 e. The Labute approximate surface area is 93.7 Å². The first kappa shape index (κ1) is 13.7. The first-order valence-electron chi connectivity index (χ1n) is 5.53. The molecular weight excluding hydrogens is 221 g/mol. The van der Waals surface area contributed by atoms with E-state index in [1.54, 1.807) is 0 Å². The van der Waals surface area contributed by atoms with Gasteiger partial charge in [0.1, 0.15) is 0 Å². The van der Waals surface area contributed by atoms with Crippen LogP contribution in [0, 0.1) is 0 Å². The van der Waals surface area contributed by atoms with E-state index in [4.69, 9.17) is 4.74 Å². The third kappa shape index (κ3) is 5.67. The van der Waals surface area contributed by atoms with E-state index in [9.17, 15) is 13.2 Å². The molecule has 1 fully saturated rings. The van der Waals surface area contributed by atoms with Gasteiger partial charge in [0.05, 0.1) is 12.1 Å². The molecule has 0 aliphatic carbocycles. The fourth-order valence-electron chi connectivity index (χ4n) is 1.74. The van der Waals surface area contributed by atoms with E-state index < -0.39 is 12.7 Å². The standard InChI is InChI=1S/C10H19F3N2O/c1-9(3-2-6-16-9)7-14-4-5-15-8-10(11,12)13/h14-15H,2-8H2,1H3. The Balaban J connectivity index is 1.96. The topological polar surface area (TPSA) is 33.3 Å². The van der Waals surface area contributed by atoms with Crippen molar-refractivity contribution in [2.75, 3.05) is 32.8 Å². The Bertz CT molecular complexity index is 203. The van der Waals surface area contributed by atoms with Gasteiger partial charge in [0.2, 0.25) is 0 Å². The zero-order valence-corrected chi connectivity index (χ0v) is 9.49. The number of hydrogen-bond donors (Lipinski definition) is 2. The molecule has 1 aliphatic heterocycles. The van der Waals surface area contributed by atoms with E-state index >= 15 is 0 Å². The van der Waals surface area contributed by atoms with Crippen molar-refractivity contribution in [2.45, 2.75) is 31.5 Å². The molecule has 16 heavy (non-hydrogen) atoms. The molecule has 0 aromatic rings. The third-order valence-electron chi connectivity index (χ3n) is 2.60. The maximum absolute atomic E-state index is 11.8.